The zero-order valence-corrected chi connectivity index (χ0v) is 31.4. The van der Waals surface area contributed by atoms with Gasteiger partial charge in [-0.2, -0.15) is 0 Å². The van der Waals surface area contributed by atoms with Crippen molar-refractivity contribution in [3.05, 3.63) is 53.4 Å². The predicted molar refractivity (Wildman–Crippen MR) is 186 cm³/mol. The van der Waals surface area contributed by atoms with E-state index >= 15 is 0 Å². The fourth-order valence-electron chi connectivity index (χ4n) is 6.55. The van der Waals surface area contributed by atoms with Gasteiger partial charge in [0.05, 0.1) is 43.3 Å². The molecule has 8 nitrogen and oxygen atoms in total. The number of hydrogen-bond donors (Lipinski definition) is 0. The van der Waals surface area contributed by atoms with Gasteiger partial charge in [0.1, 0.15) is 11.1 Å². The van der Waals surface area contributed by atoms with E-state index in [1.807, 2.05) is 13.8 Å². The predicted octanol–water partition coefficient (Wildman–Crippen LogP) is 10.9. The number of esters is 4. The standard InChI is InChI=1S/C34H36Cl6O8/c1-5-9-33(11-7-17(33)3)15-45-29(41)23-25(39)19(35)13-21(37)27(23)47-31(43)32(44)48-28-22(38)14-20(36)26(40)24(28)30(42)46-16-34(10-6-2)12-8-18(34)4/h13-14,17-18H,5-12,15-16H2,1-4H3. The molecule has 0 heterocycles. The first-order chi connectivity index (χ1) is 22.6. The minimum absolute atomic E-state index is 0.101. The van der Waals surface area contributed by atoms with Crippen molar-refractivity contribution >= 4 is 93.5 Å². The molecule has 0 aromatic heterocycles. The Bertz CT molecular complexity index is 1500. The van der Waals surface area contributed by atoms with E-state index in [0.29, 0.717) is 11.8 Å². The average Bonchev–Trinajstić information content (AvgIpc) is 3.04. The zero-order valence-electron chi connectivity index (χ0n) is 26.9. The van der Waals surface area contributed by atoms with Crippen molar-refractivity contribution in [2.24, 2.45) is 22.7 Å². The summed E-state index contributed by atoms with van der Waals surface area (Å²) in [5.74, 6) is -5.63. The van der Waals surface area contributed by atoms with Crippen LogP contribution in [0.3, 0.4) is 0 Å². The lowest BCUT2D eigenvalue weighted by molar-refractivity contribution is -0.156. The molecule has 2 aromatic carbocycles. The number of benzene rings is 2. The van der Waals surface area contributed by atoms with E-state index in [0.717, 1.165) is 63.5 Å². The quantitative estimate of drug-likeness (QED) is 0.0907. The minimum atomic E-state index is -1.63. The van der Waals surface area contributed by atoms with Crippen molar-refractivity contribution in [1.82, 2.24) is 0 Å². The summed E-state index contributed by atoms with van der Waals surface area (Å²) in [5.41, 5.74) is -1.27. The molecule has 2 aliphatic rings. The maximum absolute atomic E-state index is 13.4. The molecule has 0 radical (unpaired) electrons. The lowest BCUT2D eigenvalue weighted by Crippen LogP contribution is -2.43. The number of ether oxygens (including phenoxy) is 4. The summed E-state index contributed by atoms with van der Waals surface area (Å²) in [6.07, 6.45) is 7.29. The highest BCUT2D eigenvalue weighted by Crippen LogP contribution is 2.51. The molecule has 0 N–H and O–H groups in total. The SMILES string of the molecule is CCCC1(COC(=O)c2c(Cl)c(Cl)cc(Cl)c2OC(=O)C(=O)Oc2c(Cl)cc(Cl)c(Cl)c2C(=O)OCC2(CCC)CCC2C)CCC1C. The Balaban J connectivity index is 1.56. The third-order valence-corrected chi connectivity index (χ3v) is 12.1. The van der Waals surface area contributed by atoms with E-state index < -0.39 is 46.5 Å². The van der Waals surface area contributed by atoms with Crippen LogP contribution in [-0.4, -0.2) is 37.1 Å². The Morgan fingerprint density at radius 1 is 0.646 bits per heavy atom. The minimum Gasteiger partial charge on any atom is -0.461 e. The van der Waals surface area contributed by atoms with Gasteiger partial charge in [0, 0.05) is 10.8 Å². The summed E-state index contributed by atoms with van der Waals surface area (Å²) in [6, 6.07) is 2.28. The van der Waals surface area contributed by atoms with Gasteiger partial charge in [0.25, 0.3) is 0 Å². The number of hydrogen-bond acceptors (Lipinski definition) is 8. The molecule has 4 atom stereocenters. The molecule has 14 heteroatoms. The zero-order chi connectivity index (χ0) is 35.6. The maximum atomic E-state index is 13.4. The Kier molecular flexibility index (Phi) is 12.9. The van der Waals surface area contributed by atoms with Gasteiger partial charge in [0.15, 0.2) is 11.5 Å². The summed E-state index contributed by atoms with van der Waals surface area (Å²) in [5, 5.41) is -1.43. The molecule has 0 bridgehead atoms. The largest absolute Gasteiger partial charge is 0.461 e. The number of halogens is 6. The van der Waals surface area contributed by atoms with E-state index in [1.54, 1.807) is 0 Å². The van der Waals surface area contributed by atoms with Crippen molar-refractivity contribution in [2.45, 2.75) is 79.1 Å². The van der Waals surface area contributed by atoms with Crippen LogP contribution in [0.25, 0.3) is 0 Å². The van der Waals surface area contributed by atoms with Gasteiger partial charge in [-0.25, -0.2) is 19.2 Å². The third-order valence-electron chi connectivity index (χ3n) is 9.94. The van der Waals surface area contributed by atoms with Crippen molar-refractivity contribution < 1.29 is 38.1 Å². The lowest BCUT2D eigenvalue weighted by Gasteiger charge is -2.47. The van der Waals surface area contributed by atoms with Gasteiger partial charge in [-0.1, -0.05) is 110 Å². The highest BCUT2D eigenvalue weighted by molar-refractivity contribution is 6.47. The number of rotatable bonds is 12. The van der Waals surface area contributed by atoms with Crippen LogP contribution in [0.4, 0.5) is 0 Å². The van der Waals surface area contributed by atoms with Crippen LogP contribution in [0.1, 0.15) is 99.8 Å². The van der Waals surface area contributed by atoms with Crippen LogP contribution < -0.4 is 9.47 Å². The second kappa shape index (κ2) is 15.9. The van der Waals surface area contributed by atoms with E-state index in [9.17, 15) is 19.2 Å². The first kappa shape index (κ1) is 38.9. The van der Waals surface area contributed by atoms with E-state index in [4.69, 9.17) is 88.6 Å². The monoisotopic (exact) mass is 782 g/mol. The van der Waals surface area contributed by atoms with Crippen LogP contribution in [-0.2, 0) is 19.1 Å². The first-order valence-corrected chi connectivity index (χ1v) is 18.0. The Hall–Kier alpha value is -1.94. The third kappa shape index (κ3) is 7.84. The summed E-state index contributed by atoms with van der Waals surface area (Å²) >= 11 is 37.7. The summed E-state index contributed by atoms with van der Waals surface area (Å²) in [6.45, 7) is 8.49. The van der Waals surface area contributed by atoms with Crippen molar-refractivity contribution in [3.63, 3.8) is 0 Å². The molecule has 2 aromatic rings. The Labute approximate surface area is 309 Å². The molecule has 0 aliphatic heterocycles. The number of carbonyl (C=O) groups excluding carboxylic acids is 4. The molecule has 0 spiro atoms. The van der Waals surface area contributed by atoms with Crippen molar-refractivity contribution in [2.75, 3.05) is 13.2 Å². The Morgan fingerprint density at radius 3 is 1.27 bits per heavy atom. The molecule has 2 aliphatic carbocycles. The fourth-order valence-corrected chi connectivity index (χ4v) is 7.99. The van der Waals surface area contributed by atoms with Gasteiger partial charge in [0.2, 0.25) is 0 Å². The van der Waals surface area contributed by atoms with Crippen LogP contribution in [0, 0.1) is 22.7 Å². The molecule has 2 saturated carbocycles. The van der Waals surface area contributed by atoms with E-state index in [-0.39, 0.29) is 54.2 Å². The second-order valence-electron chi connectivity index (χ2n) is 12.8. The summed E-state index contributed by atoms with van der Waals surface area (Å²) < 4.78 is 21.8. The highest BCUT2D eigenvalue weighted by atomic mass is 35.5. The molecular formula is C34H36Cl6O8. The van der Waals surface area contributed by atoms with Gasteiger partial charge in [-0.3, -0.25) is 0 Å². The smallest absolute Gasteiger partial charge is 0.423 e. The van der Waals surface area contributed by atoms with Crippen LogP contribution in [0.2, 0.25) is 30.1 Å². The van der Waals surface area contributed by atoms with Crippen molar-refractivity contribution in [3.8, 4) is 11.5 Å². The van der Waals surface area contributed by atoms with Gasteiger partial charge in [-0.05, 0) is 62.5 Å². The normalized spacial score (nSPS) is 23.0. The molecule has 2 fully saturated rings. The van der Waals surface area contributed by atoms with E-state index in [1.165, 1.54) is 0 Å². The fraction of sp³-hybridized carbons (Fsp3) is 0.529. The topological polar surface area (TPSA) is 105 Å². The molecule has 0 saturated heterocycles. The molecule has 262 valence electrons. The number of carbonyl (C=O) groups is 4. The molecule has 48 heavy (non-hydrogen) atoms. The summed E-state index contributed by atoms with van der Waals surface area (Å²) in [4.78, 5) is 52.9. The average molecular weight is 785 g/mol. The van der Waals surface area contributed by atoms with Crippen LogP contribution >= 0.6 is 69.6 Å². The van der Waals surface area contributed by atoms with Crippen molar-refractivity contribution in [1.29, 1.82) is 0 Å². The lowest BCUT2D eigenvalue weighted by atomic mass is 9.59. The van der Waals surface area contributed by atoms with Gasteiger partial charge >= 0.3 is 23.9 Å². The van der Waals surface area contributed by atoms with Crippen LogP contribution in [0.5, 0.6) is 11.5 Å². The maximum Gasteiger partial charge on any atom is 0.423 e. The first-order valence-electron chi connectivity index (χ1n) is 15.7. The van der Waals surface area contributed by atoms with Gasteiger partial charge < -0.3 is 18.9 Å². The molecule has 4 rings (SSSR count). The molecule has 0 amide bonds. The second-order valence-corrected chi connectivity index (χ2v) is 15.1. The van der Waals surface area contributed by atoms with E-state index in [2.05, 4.69) is 13.8 Å². The highest BCUT2D eigenvalue weighted by Gasteiger charge is 2.45. The molecular weight excluding hydrogens is 749 g/mol. The van der Waals surface area contributed by atoms with Gasteiger partial charge in [-0.15, -0.1) is 0 Å². The van der Waals surface area contributed by atoms with Crippen LogP contribution in [0.15, 0.2) is 12.1 Å². The summed E-state index contributed by atoms with van der Waals surface area (Å²) in [7, 11) is 0. The Morgan fingerprint density at radius 2 is 1.00 bits per heavy atom. The molecule has 4 unspecified atom stereocenters.